The topological polar surface area (TPSA) is 61.6 Å². The molecule has 128 valence electrons. The van der Waals surface area contributed by atoms with Crippen LogP contribution >= 0.6 is 0 Å². The van der Waals surface area contributed by atoms with Gasteiger partial charge in [-0.25, -0.2) is 0 Å². The lowest BCUT2D eigenvalue weighted by atomic mass is 9.93. The third kappa shape index (κ3) is 4.68. The zero-order valence-electron chi connectivity index (χ0n) is 14.0. The lowest BCUT2D eigenvalue weighted by molar-refractivity contribution is 0.0618. The van der Waals surface area contributed by atoms with Crippen LogP contribution in [0.4, 0.5) is 0 Å². The fourth-order valence-corrected chi connectivity index (χ4v) is 2.87. The molecular formula is C19H23NO4. The molecule has 0 radical (unpaired) electrons. The number of ketones is 1. The molecule has 0 amide bonds. The van der Waals surface area contributed by atoms with Gasteiger partial charge in [-0.15, -0.1) is 0 Å². The first-order chi connectivity index (χ1) is 11.7. The predicted molar refractivity (Wildman–Crippen MR) is 89.1 cm³/mol. The van der Waals surface area contributed by atoms with E-state index >= 15 is 0 Å². The summed E-state index contributed by atoms with van der Waals surface area (Å²) < 4.78 is 16.2. The lowest BCUT2D eigenvalue weighted by Crippen LogP contribution is -2.16. The van der Waals surface area contributed by atoms with Gasteiger partial charge in [0.05, 0.1) is 0 Å². The van der Waals surface area contributed by atoms with Crippen molar-refractivity contribution in [3.63, 3.8) is 0 Å². The van der Waals surface area contributed by atoms with Gasteiger partial charge in [-0.1, -0.05) is 17.3 Å². The molecule has 0 bridgehead atoms. The number of nitrogens with zero attached hydrogens (tertiary/aromatic N) is 1. The average Bonchev–Trinajstić information content (AvgIpc) is 3.08. The molecule has 0 unspecified atom stereocenters. The number of aryl methyl sites for hydroxylation is 1. The molecule has 1 aromatic heterocycles. The van der Waals surface area contributed by atoms with Crippen molar-refractivity contribution in [2.75, 3.05) is 13.2 Å². The van der Waals surface area contributed by atoms with E-state index in [1.165, 1.54) is 0 Å². The number of hydrogen-bond donors (Lipinski definition) is 0. The number of ether oxygens (including phenoxy) is 2. The first kappa shape index (κ1) is 16.7. The molecule has 1 aromatic carbocycles. The van der Waals surface area contributed by atoms with E-state index in [-0.39, 0.29) is 12.4 Å². The zero-order chi connectivity index (χ0) is 16.8. The highest BCUT2D eigenvalue weighted by molar-refractivity contribution is 5.94. The summed E-state index contributed by atoms with van der Waals surface area (Å²) in [7, 11) is 0. The molecule has 1 aliphatic rings. The fourth-order valence-electron chi connectivity index (χ4n) is 2.87. The van der Waals surface area contributed by atoms with Crippen LogP contribution in [0.1, 0.15) is 47.5 Å². The molecule has 1 fully saturated rings. The summed E-state index contributed by atoms with van der Waals surface area (Å²) in [6, 6.07) is 9.48. The van der Waals surface area contributed by atoms with Crippen LogP contribution in [-0.4, -0.2) is 24.2 Å². The Morgan fingerprint density at radius 2 is 2.12 bits per heavy atom. The molecular weight excluding hydrogens is 306 g/mol. The lowest BCUT2D eigenvalue weighted by Gasteiger charge is -2.21. The largest absolute Gasteiger partial charge is 0.486 e. The van der Waals surface area contributed by atoms with E-state index in [1.807, 2.05) is 31.2 Å². The number of hydrogen-bond acceptors (Lipinski definition) is 5. The molecule has 24 heavy (non-hydrogen) atoms. The van der Waals surface area contributed by atoms with E-state index in [1.54, 1.807) is 6.07 Å². The van der Waals surface area contributed by atoms with E-state index in [9.17, 15) is 4.79 Å². The number of aromatic nitrogens is 1. The van der Waals surface area contributed by atoms with Gasteiger partial charge >= 0.3 is 0 Å². The van der Waals surface area contributed by atoms with Gasteiger partial charge in [0.25, 0.3) is 0 Å². The van der Waals surface area contributed by atoms with Crippen molar-refractivity contribution in [1.82, 2.24) is 5.16 Å². The van der Waals surface area contributed by atoms with Crippen molar-refractivity contribution in [2.24, 2.45) is 5.92 Å². The van der Waals surface area contributed by atoms with E-state index < -0.39 is 0 Å². The SMILES string of the molecule is Cc1cccc(OCc2cc(C(=O)CCC3CCOCC3)no2)c1. The third-order valence-electron chi connectivity index (χ3n) is 4.34. The van der Waals surface area contributed by atoms with Gasteiger partial charge < -0.3 is 14.0 Å². The molecule has 2 heterocycles. The highest BCUT2D eigenvalue weighted by Gasteiger charge is 2.18. The highest BCUT2D eigenvalue weighted by Crippen LogP contribution is 2.21. The van der Waals surface area contributed by atoms with Crippen molar-refractivity contribution >= 4 is 5.78 Å². The van der Waals surface area contributed by atoms with Crippen LogP contribution in [0.15, 0.2) is 34.9 Å². The normalized spacial score (nSPS) is 15.4. The highest BCUT2D eigenvalue weighted by atomic mass is 16.5. The Morgan fingerprint density at radius 1 is 1.29 bits per heavy atom. The molecule has 0 spiro atoms. The Labute approximate surface area is 141 Å². The van der Waals surface area contributed by atoms with Gasteiger partial charge in [0.15, 0.2) is 11.5 Å². The maximum atomic E-state index is 12.2. The number of Topliss-reactive ketones (excluding diaryl/α,β-unsaturated/α-hetero) is 1. The second-order valence-corrected chi connectivity index (χ2v) is 6.30. The summed E-state index contributed by atoms with van der Waals surface area (Å²) in [5.41, 5.74) is 1.53. The minimum Gasteiger partial charge on any atom is -0.486 e. The average molecular weight is 329 g/mol. The molecule has 5 nitrogen and oxygen atoms in total. The van der Waals surface area contributed by atoms with E-state index in [4.69, 9.17) is 14.0 Å². The minimum absolute atomic E-state index is 0.0343. The number of rotatable bonds is 7. The molecule has 3 rings (SSSR count). The van der Waals surface area contributed by atoms with Crippen LogP contribution < -0.4 is 4.74 Å². The smallest absolute Gasteiger partial charge is 0.184 e. The van der Waals surface area contributed by atoms with Crippen LogP contribution in [0.25, 0.3) is 0 Å². The Bertz CT molecular complexity index is 674. The molecule has 0 saturated carbocycles. The molecule has 1 saturated heterocycles. The van der Waals surface area contributed by atoms with Crippen molar-refractivity contribution in [3.8, 4) is 5.75 Å². The maximum Gasteiger partial charge on any atom is 0.184 e. The van der Waals surface area contributed by atoms with Gasteiger partial charge in [0.2, 0.25) is 0 Å². The van der Waals surface area contributed by atoms with Gasteiger partial charge in [-0.05, 0) is 49.8 Å². The Hall–Kier alpha value is -2.14. The van der Waals surface area contributed by atoms with Crippen LogP contribution in [0.3, 0.4) is 0 Å². The van der Waals surface area contributed by atoms with Crippen molar-refractivity contribution in [2.45, 2.75) is 39.2 Å². The Kier molecular flexibility index (Phi) is 5.64. The van der Waals surface area contributed by atoms with Crippen LogP contribution in [0.2, 0.25) is 0 Å². The third-order valence-corrected chi connectivity index (χ3v) is 4.34. The predicted octanol–water partition coefficient (Wildman–Crippen LogP) is 3.95. The van der Waals surface area contributed by atoms with E-state index in [0.29, 0.717) is 23.8 Å². The second kappa shape index (κ2) is 8.11. The van der Waals surface area contributed by atoms with E-state index in [0.717, 1.165) is 43.8 Å². The summed E-state index contributed by atoms with van der Waals surface area (Å²) in [6.45, 7) is 3.90. The molecule has 0 N–H and O–H groups in total. The zero-order valence-corrected chi connectivity index (χ0v) is 14.0. The second-order valence-electron chi connectivity index (χ2n) is 6.30. The van der Waals surface area contributed by atoms with Crippen molar-refractivity contribution in [1.29, 1.82) is 0 Å². The van der Waals surface area contributed by atoms with Gasteiger partial charge in [-0.3, -0.25) is 4.79 Å². The summed E-state index contributed by atoms with van der Waals surface area (Å²) in [6.07, 6.45) is 3.49. The Morgan fingerprint density at radius 3 is 2.92 bits per heavy atom. The van der Waals surface area contributed by atoms with Crippen LogP contribution in [0, 0.1) is 12.8 Å². The van der Waals surface area contributed by atoms with Crippen LogP contribution in [0.5, 0.6) is 5.75 Å². The summed E-state index contributed by atoms with van der Waals surface area (Å²) >= 11 is 0. The molecule has 2 aromatic rings. The Balaban J connectivity index is 1.48. The monoisotopic (exact) mass is 329 g/mol. The van der Waals surface area contributed by atoms with Gasteiger partial charge in [-0.2, -0.15) is 0 Å². The first-order valence-electron chi connectivity index (χ1n) is 8.47. The van der Waals surface area contributed by atoms with Gasteiger partial charge in [0.1, 0.15) is 18.1 Å². The number of carbonyl (C=O) groups excluding carboxylic acids is 1. The number of carbonyl (C=O) groups is 1. The number of benzene rings is 1. The van der Waals surface area contributed by atoms with Gasteiger partial charge in [0, 0.05) is 25.7 Å². The van der Waals surface area contributed by atoms with E-state index in [2.05, 4.69) is 5.16 Å². The first-order valence-corrected chi connectivity index (χ1v) is 8.47. The van der Waals surface area contributed by atoms with Crippen molar-refractivity contribution < 1.29 is 18.8 Å². The maximum absolute atomic E-state index is 12.2. The standard InChI is InChI=1S/C19H23NO4/c1-14-3-2-4-16(11-14)23-13-17-12-18(20-24-17)19(21)6-5-15-7-9-22-10-8-15/h2-4,11-12,15H,5-10,13H2,1H3. The minimum atomic E-state index is 0.0343. The summed E-state index contributed by atoms with van der Waals surface area (Å²) in [4.78, 5) is 12.2. The quantitative estimate of drug-likeness (QED) is 0.720. The molecule has 0 atom stereocenters. The fraction of sp³-hybridized carbons (Fsp3) is 0.474. The van der Waals surface area contributed by atoms with Crippen molar-refractivity contribution in [3.05, 3.63) is 47.3 Å². The molecule has 5 heteroatoms. The molecule has 0 aliphatic carbocycles. The van der Waals surface area contributed by atoms with Crippen LogP contribution in [-0.2, 0) is 11.3 Å². The summed E-state index contributed by atoms with van der Waals surface area (Å²) in [5.74, 6) is 1.95. The summed E-state index contributed by atoms with van der Waals surface area (Å²) in [5, 5.41) is 3.88. The molecule has 1 aliphatic heterocycles.